The van der Waals surface area contributed by atoms with Gasteiger partial charge in [-0.2, -0.15) is 0 Å². The van der Waals surface area contributed by atoms with Crippen molar-refractivity contribution in [2.24, 2.45) is 0 Å². The van der Waals surface area contributed by atoms with E-state index in [1.807, 2.05) is 47.9 Å². The SMILES string of the molecule is C=CCn1c(SCC(=O)Nc2ccc(CC)cc2)nnc1C(C)Oc1ccccc1Cl. The van der Waals surface area contributed by atoms with Gasteiger partial charge in [0.25, 0.3) is 0 Å². The largest absolute Gasteiger partial charge is 0.481 e. The topological polar surface area (TPSA) is 69.0 Å². The predicted octanol–water partition coefficient (Wildman–Crippen LogP) is 5.55. The summed E-state index contributed by atoms with van der Waals surface area (Å²) in [4.78, 5) is 12.4. The van der Waals surface area contributed by atoms with Gasteiger partial charge in [0, 0.05) is 12.2 Å². The molecule has 3 rings (SSSR count). The Bertz CT molecular complexity index is 1040. The van der Waals surface area contributed by atoms with E-state index in [4.69, 9.17) is 16.3 Å². The molecule has 0 spiro atoms. The van der Waals surface area contributed by atoms with Gasteiger partial charge in [0.1, 0.15) is 5.75 Å². The van der Waals surface area contributed by atoms with E-state index in [9.17, 15) is 4.79 Å². The predicted molar refractivity (Wildman–Crippen MR) is 126 cm³/mol. The van der Waals surface area contributed by atoms with E-state index in [0.717, 1.165) is 12.1 Å². The molecule has 0 aliphatic heterocycles. The summed E-state index contributed by atoms with van der Waals surface area (Å²) in [5.41, 5.74) is 2.00. The van der Waals surface area contributed by atoms with Crippen LogP contribution in [0.4, 0.5) is 5.69 Å². The van der Waals surface area contributed by atoms with Gasteiger partial charge in [0.2, 0.25) is 5.91 Å². The highest BCUT2D eigenvalue weighted by Crippen LogP contribution is 2.29. The number of halogens is 1. The quantitative estimate of drug-likeness (QED) is 0.320. The Balaban J connectivity index is 1.65. The number of rotatable bonds is 10. The average molecular weight is 457 g/mol. The van der Waals surface area contributed by atoms with E-state index in [1.165, 1.54) is 17.3 Å². The molecule has 0 saturated heterocycles. The fraction of sp³-hybridized carbons (Fsp3) is 0.261. The first kappa shape index (κ1) is 22.9. The molecule has 8 heteroatoms. The minimum absolute atomic E-state index is 0.107. The third-order valence-corrected chi connectivity index (χ3v) is 5.82. The molecule has 0 radical (unpaired) electrons. The van der Waals surface area contributed by atoms with Gasteiger partial charge in [-0.05, 0) is 43.2 Å². The molecule has 1 unspecified atom stereocenters. The van der Waals surface area contributed by atoms with Crippen molar-refractivity contribution >= 4 is 35.0 Å². The lowest BCUT2D eigenvalue weighted by Gasteiger charge is -2.16. The van der Waals surface area contributed by atoms with Gasteiger partial charge in [0.15, 0.2) is 17.1 Å². The monoisotopic (exact) mass is 456 g/mol. The van der Waals surface area contributed by atoms with Gasteiger partial charge in [0.05, 0.1) is 10.8 Å². The molecule has 1 heterocycles. The van der Waals surface area contributed by atoms with Crippen molar-refractivity contribution in [3.05, 3.63) is 77.6 Å². The van der Waals surface area contributed by atoms with Crippen LogP contribution in [0.2, 0.25) is 5.02 Å². The van der Waals surface area contributed by atoms with Crippen LogP contribution in [0.5, 0.6) is 5.75 Å². The molecule has 1 amide bonds. The number of nitrogens with one attached hydrogen (secondary N) is 1. The number of ether oxygens (including phenoxy) is 1. The molecule has 31 heavy (non-hydrogen) atoms. The standard InChI is InChI=1S/C23H25ClN4O2S/c1-4-14-28-22(16(3)30-20-9-7-6-8-19(20)24)26-27-23(28)31-15-21(29)25-18-12-10-17(5-2)11-13-18/h4,6-13,16H,1,5,14-15H2,2-3H3,(H,25,29). The van der Waals surface area contributed by atoms with Crippen LogP contribution in [-0.2, 0) is 17.8 Å². The number of amides is 1. The minimum atomic E-state index is -0.382. The van der Waals surface area contributed by atoms with E-state index in [1.54, 1.807) is 18.2 Å². The molecule has 0 aliphatic rings. The van der Waals surface area contributed by atoms with E-state index >= 15 is 0 Å². The van der Waals surface area contributed by atoms with Crippen molar-refractivity contribution in [1.29, 1.82) is 0 Å². The molecule has 0 saturated carbocycles. The molecule has 2 aromatic carbocycles. The highest BCUT2D eigenvalue weighted by Gasteiger charge is 2.20. The van der Waals surface area contributed by atoms with Crippen LogP contribution < -0.4 is 10.1 Å². The Hall–Kier alpha value is -2.77. The molecule has 6 nitrogen and oxygen atoms in total. The lowest BCUT2D eigenvalue weighted by atomic mass is 10.1. The van der Waals surface area contributed by atoms with Gasteiger partial charge >= 0.3 is 0 Å². The minimum Gasteiger partial charge on any atom is -0.481 e. The van der Waals surface area contributed by atoms with Crippen molar-refractivity contribution in [2.45, 2.75) is 38.1 Å². The number of anilines is 1. The third-order valence-electron chi connectivity index (χ3n) is 4.54. The fourth-order valence-corrected chi connectivity index (χ4v) is 3.88. The van der Waals surface area contributed by atoms with Gasteiger partial charge in [-0.3, -0.25) is 9.36 Å². The number of allylic oxidation sites excluding steroid dienone is 1. The number of aromatic nitrogens is 3. The zero-order valence-electron chi connectivity index (χ0n) is 17.5. The molecule has 1 N–H and O–H groups in total. The zero-order valence-corrected chi connectivity index (χ0v) is 19.1. The van der Waals surface area contributed by atoms with Crippen LogP contribution in [0.1, 0.15) is 31.3 Å². The van der Waals surface area contributed by atoms with Crippen molar-refractivity contribution in [2.75, 3.05) is 11.1 Å². The summed E-state index contributed by atoms with van der Waals surface area (Å²) in [6.07, 6.45) is 2.34. The van der Waals surface area contributed by atoms with Crippen LogP contribution >= 0.6 is 23.4 Å². The summed E-state index contributed by atoms with van der Waals surface area (Å²) >= 11 is 7.51. The molecular weight excluding hydrogens is 432 g/mol. The van der Waals surface area contributed by atoms with Crippen molar-refractivity contribution < 1.29 is 9.53 Å². The van der Waals surface area contributed by atoms with Crippen molar-refractivity contribution in [3.63, 3.8) is 0 Å². The maximum Gasteiger partial charge on any atom is 0.234 e. The summed E-state index contributed by atoms with van der Waals surface area (Å²) in [5.74, 6) is 1.32. The molecular formula is C23H25ClN4O2S. The normalized spacial score (nSPS) is 11.7. The van der Waals surface area contributed by atoms with Crippen LogP contribution in [0.3, 0.4) is 0 Å². The Morgan fingerprint density at radius 2 is 2.00 bits per heavy atom. The summed E-state index contributed by atoms with van der Waals surface area (Å²) in [5, 5.41) is 12.6. The van der Waals surface area contributed by atoms with E-state index < -0.39 is 0 Å². The number of hydrogen-bond donors (Lipinski definition) is 1. The number of carbonyl (C=O) groups is 1. The van der Waals surface area contributed by atoms with Crippen LogP contribution in [-0.4, -0.2) is 26.4 Å². The van der Waals surface area contributed by atoms with Gasteiger partial charge in [-0.15, -0.1) is 16.8 Å². The Labute approximate surface area is 191 Å². The molecule has 0 bridgehead atoms. The average Bonchev–Trinajstić information content (AvgIpc) is 3.17. The number of thioether (sulfide) groups is 1. The number of benzene rings is 2. The number of hydrogen-bond acceptors (Lipinski definition) is 5. The molecule has 0 fully saturated rings. The lowest BCUT2D eigenvalue weighted by Crippen LogP contribution is -2.15. The first-order valence-electron chi connectivity index (χ1n) is 9.98. The summed E-state index contributed by atoms with van der Waals surface area (Å²) in [6, 6.07) is 15.1. The molecule has 1 aromatic heterocycles. The van der Waals surface area contributed by atoms with Crippen molar-refractivity contribution in [3.8, 4) is 5.75 Å². The van der Waals surface area contributed by atoms with Gasteiger partial charge in [-0.25, -0.2) is 0 Å². The number of para-hydroxylation sites is 1. The zero-order chi connectivity index (χ0) is 22.2. The Kier molecular flexibility index (Phi) is 8.14. The molecule has 0 aliphatic carbocycles. The van der Waals surface area contributed by atoms with E-state index in [-0.39, 0.29) is 17.8 Å². The second-order valence-electron chi connectivity index (χ2n) is 6.82. The molecule has 162 valence electrons. The number of nitrogens with zero attached hydrogens (tertiary/aromatic N) is 3. The number of aryl methyl sites for hydroxylation is 1. The first-order valence-corrected chi connectivity index (χ1v) is 11.3. The van der Waals surface area contributed by atoms with Crippen LogP contribution in [0, 0.1) is 0 Å². The van der Waals surface area contributed by atoms with Crippen LogP contribution in [0.25, 0.3) is 0 Å². The maximum absolute atomic E-state index is 12.4. The smallest absolute Gasteiger partial charge is 0.234 e. The molecule has 3 aromatic rings. The van der Waals surface area contributed by atoms with Crippen molar-refractivity contribution in [1.82, 2.24) is 14.8 Å². The summed E-state index contributed by atoms with van der Waals surface area (Å²) < 4.78 is 7.87. The van der Waals surface area contributed by atoms with E-state index in [0.29, 0.717) is 28.3 Å². The highest BCUT2D eigenvalue weighted by molar-refractivity contribution is 7.99. The van der Waals surface area contributed by atoms with E-state index in [2.05, 4.69) is 29.0 Å². The Morgan fingerprint density at radius 3 is 2.68 bits per heavy atom. The number of carbonyl (C=O) groups excluding carboxylic acids is 1. The molecule has 1 atom stereocenters. The van der Waals surface area contributed by atoms with Gasteiger partial charge in [-0.1, -0.05) is 60.6 Å². The van der Waals surface area contributed by atoms with Gasteiger partial charge < -0.3 is 10.1 Å². The summed E-state index contributed by atoms with van der Waals surface area (Å²) in [6.45, 7) is 8.29. The second-order valence-corrected chi connectivity index (χ2v) is 8.17. The second kappa shape index (κ2) is 11.0. The first-order chi connectivity index (χ1) is 15.0. The fourth-order valence-electron chi connectivity index (χ4n) is 2.94. The Morgan fingerprint density at radius 1 is 1.26 bits per heavy atom. The maximum atomic E-state index is 12.4. The summed E-state index contributed by atoms with van der Waals surface area (Å²) in [7, 11) is 0. The van der Waals surface area contributed by atoms with Crippen LogP contribution in [0.15, 0.2) is 66.3 Å². The lowest BCUT2D eigenvalue weighted by molar-refractivity contribution is -0.113. The third kappa shape index (κ3) is 6.12. The highest BCUT2D eigenvalue weighted by atomic mass is 35.5.